The first-order chi connectivity index (χ1) is 10.7. The molecule has 0 aliphatic rings. The number of hydrogen-bond donors (Lipinski definition) is 2. The highest BCUT2D eigenvalue weighted by Gasteiger charge is 2.08. The smallest absolute Gasteiger partial charge is 0.313 e. The largest absolute Gasteiger partial charge is 0.481 e. The van der Waals surface area contributed by atoms with Crippen LogP contribution in [0.4, 0.5) is 0 Å². The molecule has 3 rings (SSSR count). The molecule has 0 spiro atoms. The second-order valence-electron chi connectivity index (χ2n) is 4.06. The highest BCUT2D eigenvalue weighted by Crippen LogP contribution is 2.22. The molecular weight excluding hydrogens is 300 g/mol. The van der Waals surface area contributed by atoms with Crippen molar-refractivity contribution in [2.24, 2.45) is 0 Å². The number of hydrogen-bond acceptors (Lipinski definition) is 5. The molecule has 2 aromatic heterocycles. The van der Waals surface area contributed by atoms with E-state index in [4.69, 9.17) is 5.11 Å². The quantitative estimate of drug-likeness (QED) is 0.718. The Bertz CT molecular complexity index is 773. The van der Waals surface area contributed by atoms with Gasteiger partial charge >= 0.3 is 5.97 Å². The van der Waals surface area contributed by atoms with E-state index in [1.165, 1.54) is 0 Å². The van der Waals surface area contributed by atoms with Gasteiger partial charge in [0.2, 0.25) is 5.16 Å². The van der Waals surface area contributed by atoms with Crippen LogP contribution in [0.5, 0.6) is 0 Å². The second kappa shape index (κ2) is 7.56. The van der Waals surface area contributed by atoms with Gasteiger partial charge in [-0.3, -0.25) is 14.9 Å². The van der Waals surface area contributed by atoms with Crippen LogP contribution in [0.1, 0.15) is 13.8 Å². The zero-order valence-corrected chi connectivity index (χ0v) is 13.1. The SMILES string of the molecule is CC.O=C(O)CSc1n[nH]c(-c2ccc3ncccc3c2)n1. The van der Waals surface area contributed by atoms with Crippen LogP contribution in [0.3, 0.4) is 0 Å². The lowest BCUT2D eigenvalue weighted by Gasteiger charge is -1.99. The third-order valence-electron chi connectivity index (χ3n) is 2.67. The van der Waals surface area contributed by atoms with Crippen molar-refractivity contribution in [1.82, 2.24) is 20.2 Å². The predicted octanol–water partition coefficient (Wildman–Crippen LogP) is 3.22. The Morgan fingerprint density at radius 1 is 1.32 bits per heavy atom. The van der Waals surface area contributed by atoms with E-state index >= 15 is 0 Å². The van der Waals surface area contributed by atoms with Gasteiger partial charge in [0.1, 0.15) is 0 Å². The number of aromatic amines is 1. The Kier molecular flexibility index (Phi) is 5.48. The molecule has 114 valence electrons. The fourth-order valence-electron chi connectivity index (χ4n) is 1.79. The van der Waals surface area contributed by atoms with Crippen LogP contribution in [-0.2, 0) is 4.79 Å². The molecule has 0 unspecified atom stereocenters. The topological polar surface area (TPSA) is 91.8 Å². The van der Waals surface area contributed by atoms with E-state index in [9.17, 15) is 4.79 Å². The van der Waals surface area contributed by atoms with E-state index < -0.39 is 5.97 Å². The number of nitrogens with one attached hydrogen (secondary N) is 1. The monoisotopic (exact) mass is 316 g/mol. The van der Waals surface area contributed by atoms with Crippen LogP contribution in [-0.4, -0.2) is 37.0 Å². The molecule has 0 amide bonds. The summed E-state index contributed by atoms with van der Waals surface area (Å²) in [5.41, 5.74) is 1.80. The maximum atomic E-state index is 10.5. The third kappa shape index (κ3) is 3.82. The van der Waals surface area contributed by atoms with Crippen LogP contribution in [0.15, 0.2) is 41.7 Å². The van der Waals surface area contributed by atoms with Crippen LogP contribution < -0.4 is 0 Å². The van der Waals surface area contributed by atoms with Gasteiger partial charge in [-0.2, -0.15) is 0 Å². The molecule has 6 nitrogen and oxygen atoms in total. The number of carboxylic acids is 1. The van der Waals surface area contributed by atoms with Crippen LogP contribution in [0.2, 0.25) is 0 Å². The maximum Gasteiger partial charge on any atom is 0.313 e. The lowest BCUT2D eigenvalue weighted by molar-refractivity contribution is -0.133. The van der Waals surface area contributed by atoms with Gasteiger partial charge in [-0.1, -0.05) is 31.7 Å². The van der Waals surface area contributed by atoms with Crippen molar-refractivity contribution in [1.29, 1.82) is 0 Å². The van der Waals surface area contributed by atoms with Gasteiger partial charge < -0.3 is 5.11 Å². The van der Waals surface area contributed by atoms with E-state index in [0.717, 1.165) is 28.2 Å². The van der Waals surface area contributed by atoms with Gasteiger partial charge in [-0.05, 0) is 24.3 Å². The minimum Gasteiger partial charge on any atom is -0.481 e. The van der Waals surface area contributed by atoms with Gasteiger partial charge in [0.15, 0.2) is 5.82 Å². The molecule has 22 heavy (non-hydrogen) atoms. The predicted molar refractivity (Wildman–Crippen MR) is 86.8 cm³/mol. The highest BCUT2D eigenvalue weighted by atomic mass is 32.2. The van der Waals surface area contributed by atoms with Crippen molar-refractivity contribution >= 4 is 28.6 Å². The summed E-state index contributed by atoms with van der Waals surface area (Å²) >= 11 is 1.08. The Hall–Kier alpha value is -2.41. The molecule has 0 atom stereocenters. The van der Waals surface area contributed by atoms with Gasteiger partial charge in [-0.25, -0.2) is 4.98 Å². The molecule has 0 radical (unpaired) electrons. The Morgan fingerprint density at radius 2 is 2.14 bits per heavy atom. The number of pyridine rings is 1. The molecule has 2 N–H and O–H groups in total. The number of carboxylic acid groups (broad SMARTS) is 1. The average molecular weight is 316 g/mol. The number of thioether (sulfide) groups is 1. The van der Waals surface area contributed by atoms with Crippen LogP contribution in [0, 0.1) is 0 Å². The zero-order chi connectivity index (χ0) is 15.9. The number of nitrogens with zero attached hydrogens (tertiary/aromatic N) is 3. The zero-order valence-electron chi connectivity index (χ0n) is 12.3. The van der Waals surface area contributed by atoms with Gasteiger partial charge in [0.05, 0.1) is 11.3 Å². The molecule has 0 bridgehead atoms. The summed E-state index contributed by atoms with van der Waals surface area (Å²) in [7, 11) is 0. The van der Waals surface area contributed by atoms with Gasteiger partial charge in [0, 0.05) is 17.1 Å². The molecule has 2 heterocycles. The minimum absolute atomic E-state index is 0.0566. The molecule has 3 aromatic rings. The van der Waals surface area contributed by atoms with Gasteiger partial charge in [-0.15, -0.1) is 5.10 Å². The van der Waals surface area contributed by atoms with E-state index in [1.54, 1.807) is 6.20 Å². The van der Waals surface area contributed by atoms with Crippen molar-refractivity contribution in [2.75, 3.05) is 5.75 Å². The van der Waals surface area contributed by atoms with E-state index in [-0.39, 0.29) is 5.75 Å². The average Bonchev–Trinajstić information content (AvgIpc) is 3.03. The lowest BCUT2D eigenvalue weighted by Crippen LogP contribution is -1.97. The lowest BCUT2D eigenvalue weighted by atomic mass is 10.1. The first kappa shape index (κ1) is 16.0. The van der Waals surface area contributed by atoms with Crippen LogP contribution in [0.25, 0.3) is 22.3 Å². The minimum atomic E-state index is -0.891. The summed E-state index contributed by atoms with van der Waals surface area (Å²) < 4.78 is 0. The first-order valence-corrected chi connectivity index (χ1v) is 7.83. The van der Waals surface area contributed by atoms with Gasteiger partial charge in [0.25, 0.3) is 0 Å². The van der Waals surface area contributed by atoms with E-state index in [2.05, 4.69) is 20.2 Å². The molecular formula is C15H16N4O2S. The normalized spacial score (nSPS) is 10.1. The fourth-order valence-corrected chi connectivity index (χ4v) is 2.31. The fraction of sp³-hybridized carbons (Fsp3) is 0.200. The number of aromatic nitrogens is 4. The Balaban J connectivity index is 0.000000847. The molecule has 0 aliphatic heterocycles. The molecule has 0 aliphatic carbocycles. The Labute approximate surface area is 132 Å². The molecule has 0 fully saturated rings. The summed E-state index contributed by atoms with van der Waals surface area (Å²) in [5, 5.41) is 16.9. The number of rotatable bonds is 4. The summed E-state index contributed by atoms with van der Waals surface area (Å²) in [6.45, 7) is 4.00. The molecule has 7 heteroatoms. The second-order valence-corrected chi connectivity index (χ2v) is 5.00. The van der Waals surface area contributed by atoms with Crippen molar-refractivity contribution < 1.29 is 9.90 Å². The third-order valence-corrected chi connectivity index (χ3v) is 3.50. The Morgan fingerprint density at radius 3 is 2.91 bits per heavy atom. The van der Waals surface area contributed by atoms with E-state index in [1.807, 2.05) is 44.2 Å². The molecule has 0 saturated carbocycles. The van der Waals surface area contributed by atoms with Crippen LogP contribution >= 0.6 is 11.8 Å². The van der Waals surface area contributed by atoms with Crippen molar-refractivity contribution in [3.05, 3.63) is 36.5 Å². The summed E-state index contributed by atoms with van der Waals surface area (Å²) in [6.07, 6.45) is 1.75. The van der Waals surface area contributed by atoms with Crippen molar-refractivity contribution in [3.8, 4) is 11.4 Å². The number of fused-ring (bicyclic) bond motifs is 1. The van der Waals surface area contributed by atoms with E-state index in [0.29, 0.717) is 11.0 Å². The number of carbonyl (C=O) groups is 1. The summed E-state index contributed by atoms with van der Waals surface area (Å²) in [4.78, 5) is 19.0. The van der Waals surface area contributed by atoms with Crippen molar-refractivity contribution in [3.63, 3.8) is 0 Å². The number of aliphatic carboxylic acids is 1. The highest BCUT2D eigenvalue weighted by molar-refractivity contribution is 7.99. The first-order valence-electron chi connectivity index (χ1n) is 6.84. The van der Waals surface area contributed by atoms with Crippen molar-refractivity contribution in [2.45, 2.75) is 19.0 Å². The molecule has 0 saturated heterocycles. The maximum absolute atomic E-state index is 10.5. The molecule has 1 aromatic carbocycles. The standard InChI is InChI=1S/C13H10N4O2S.C2H6/c18-11(19)7-20-13-15-12(16-17-13)9-3-4-10-8(6-9)2-1-5-14-10;1-2/h1-6H,7H2,(H,18,19)(H,15,16,17);1-2H3. The summed E-state index contributed by atoms with van der Waals surface area (Å²) in [5.74, 6) is -0.333. The number of H-pyrrole nitrogens is 1. The summed E-state index contributed by atoms with van der Waals surface area (Å²) in [6, 6.07) is 9.64. The number of benzene rings is 1.